The predicted octanol–water partition coefficient (Wildman–Crippen LogP) is 3.15. The number of carbonyl (C=O) groups excluding carboxylic acids is 1. The van der Waals surface area contributed by atoms with Crippen molar-refractivity contribution in [2.45, 2.75) is 6.92 Å². The summed E-state index contributed by atoms with van der Waals surface area (Å²) in [7, 11) is 0. The second-order valence-electron chi connectivity index (χ2n) is 6.90. The Bertz CT molecular complexity index is 1380. The molecule has 6 nitrogen and oxygen atoms in total. The molecule has 3 aromatic heterocycles. The summed E-state index contributed by atoms with van der Waals surface area (Å²) in [5.74, 6) is 0.265. The summed E-state index contributed by atoms with van der Waals surface area (Å²) in [5.41, 5.74) is 10.6. The molecule has 4 aromatic rings. The minimum atomic E-state index is -0.156. The maximum Gasteiger partial charge on any atom is 0.260 e. The number of benzene rings is 1. The van der Waals surface area contributed by atoms with E-state index in [1.165, 1.54) is 0 Å². The molecular weight excluding hydrogens is 406 g/mol. The van der Waals surface area contributed by atoms with Gasteiger partial charge >= 0.3 is 0 Å². The lowest BCUT2D eigenvalue weighted by Gasteiger charge is -2.24. The number of thiazole rings is 1. The lowest BCUT2D eigenvalue weighted by atomic mass is 10.1. The molecule has 0 aliphatic heterocycles. The monoisotopic (exact) mass is 427 g/mol. The van der Waals surface area contributed by atoms with Crippen molar-refractivity contribution < 1.29 is 4.79 Å². The Morgan fingerprint density at radius 2 is 2.10 bits per heavy atom. The number of hydrogen-bond acceptors (Lipinski definition) is 6. The van der Waals surface area contributed by atoms with E-state index < -0.39 is 0 Å². The van der Waals surface area contributed by atoms with Crippen molar-refractivity contribution >= 4 is 51.6 Å². The van der Waals surface area contributed by atoms with Gasteiger partial charge in [-0.25, -0.2) is 9.97 Å². The van der Waals surface area contributed by atoms with E-state index >= 15 is 0 Å². The highest BCUT2D eigenvalue weighted by molar-refractivity contribution is 7.16. The number of fused-ring (bicyclic) bond motifs is 1. The predicted molar refractivity (Wildman–Crippen MR) is 127 cm³/mol. The van der Waals surface area contributed by atoms with Gasteiger partial charge in [-0.05, 0) is 60.2 Å². The summed E-state index contributed by atoms with van der Waals surface area (Å²) in [5, 5.41) is 1.44. The van der Waals surface area contributed by atoms with Gasteiger partial charge in [-0.3, -0.25) is 9.78 Å². The number of pyridine rings is 2. The molecule has 0 unspecified atom stereocenters. The molecular formula is C24H21N5OS. The van der Waals surface area contributed by atoms with Gasteiger partial charge in [0.1, 0.15) is 11.3 Å². The van der Waals surface area contributed by atoms with E-state index in [4.69, 9.17) is 5.73 Å². The highest BCUT2D eigenvalue weighted by Gasteiger charge is 2.21. The summed E-state index contributed by atoms with van der Waals surface area (Å²) in [4.78, 5) is 28.2. The molecule has 0 saturated carbocycles. The van der Waals surface area contributed by atoms with Gasteiger partial charge in [0.15, 0.2) is 0 Å². The molecule has 0 aliphatic rings. The van der Waals surface area contributed by atoms with Crippen LogP contribution in [0.4, 0.5) is 11.5 Å². The van der Waals surface area contributed by atoms with Gasteiger partial charge in [-0.1, -0.05) is 18.7 Å². The van der Waals surface area contributed by atoms with Crippen molar-refractivity contribution in [2.75, 3.05) is 17.2 Å². The van der Waals surface area contributed by atoms with Gasteiger partial charge in [0.25, 0.3) is 5.91 Å². The molecule has 0 fully saturated rings. The maximum atomic E-state index is 13.5. The van der Waals surface area contributed by atoms with E-state index in [0.29, 0.717) is 23.3 Å². The highest BCUT2D eigenvalue weighted by Crippen LogP contribution is 2.30. The Labute approximate surface area is 183 Å². The average molecular weight is 428 g/mol. The Morgan fingerprint density at radius 1 is 1.23 bits per heavy atom. The molecule has 1 amide bonds. The number of hydrogen-bond donors (Lipinski definition) is 1. The van der Waals surface area contributed by atoms with Gasteiger partial charge in [0.2, 0.25) is 0 Å². The van der Waals surface area contributed by atoms with Crippen molar-refractivity contribution in [2.24, 2.45) is 0 Å². The Kier molecular flexibility index (Phi) is 5.86. The first kappa shape index (κ1) is 20.4. The number of nitrogen functional groups attached to an aromatic ring is 1. The summed E-state index contributed by atoms with van der Waals surface area (Å²) in [6, 6.07) is 12.9. The molecule has 7 heteroatoms. The van der Waals surface area contributed by atoms with Crippen LogP contribution >= 0.6 is 11.3 Å². The van der Waals surface area contributed by atoms with Crippen molar-refractivity contribution in [1.82, 2.24) is 15.0 Å². The zero-order valence-electron chi connectivity index (χ0n) is 17.0. The van der Waals surface area contributed by atoms with Crippen LogP contribution in [0.3, 0.4) is 0 Å². The minimum Gasteiger partial charge on any atom is -0.384 e. The number of nitrogens with two attached hydrogens (primary N) is 1. The summed E-state index contributed by atoms with van der Waals surface area (Å²) in [6.07, 6.45) is 7.08. The van der Waals surface area contributed by atoms with Crippen LogP contribution in [-0.4, -0.2) is 27.4 Å². The van der Waals surface area contributed by atoms with E-state index in [9.17, 15) is 4.79 Å². The third-order valence-corrected chi connectivity index (χ3v) is 5.65. The average Bonchev–Trinajstić information content (AvgIpc) is 3.28. The van der Waals surface area contributed by atoms with Crippen LogP contribution in [0.1, 0.15) is 17.3 Å². The van der Waals surface area contributed by atoms with Crippen LogP contribution in [0.2, 0.25) is 0 Å². The first-order valence-corrected chi connectivity index (χ1v) is 10.6. The van der Waals surface area contributed by atoms with Crippen LogP contribution in [0.5, 0.6) is 0 Å². The zero-order valence-corrected chi connectivity index (χ0v) is 17.8. The fourth-order valence-electron chi connectivity index (χ4n) is 3.22. The van der Waals surface area contributed by atoms with Gasteiger partial charge in [0.05, 0.1) is 33.4 Å². The number of rotatable bonds is 5. The maximum absolute atomic E-state index is 13.5. The number of aromatic nitrogens is 3. The summed E-state index contributed by atoms with van der Waals surface area (Å²) >= 11 is 1.54. The Hall–Kier alpha value is -3.84. The quantitative estimate of drug-likeness (QED) is 0.529. The second-order valence-corrected chi connectivity index (χ2v) is 7.78. The normalized spacial score (nSPS) is 12.3. The fraction of sp³-hybridized carbons (Fsp3) is 0.0833. The lowest BCUT2D eigenvalue weighted by Crippen LogP contribution is -2.34. The SMILES string of the molecule is C=c1ccc(N)n/c1=C/C(=C\C)CN(C(=O)c1cccnc1)c1cccc2scnc12. The largest absolute Gasteiger partial charge is 0.384 e. The van der Waals surface area contributed by atoms with E-state index in [2.05, 4.69) is 21.5 Å². The first-order chi connectivity index (χ1) is 15.1. The minimum absolute atomic E-state index is 0.156. The van der Waals surface area contributed by atoms with Gasteiger partial charge in [-0.2, -0.15) is 0 Å². The van der Waals surface area contributed by atoms with Crippen LogP contribution in [0.15, 0.2) is 72.0 Å². The third-order valence-electron chi connectivity index (χ3n) is 4.85. The van der Waals surface area contributed by atoms with Crippen molar-refractivity contribution in [1.29, 1.82) is 0 Å². The molecule has 0 saturated heterocycles. The van der Waals surface area contributed by atoms with E-state index in [1.54, 1.807) is 52.3 Å². The molecule has 2 N–H and O–H groups in total. The van der Waals surface area contributed by atoms with Gasteiger partial charge in [0, 0.05) is 12.4 Å². The van der Waals surface area contributed by atoms with E-state index in [-0.39, 0.29) is 5.91 Å². The highest BCUT2D eigenvalue weighted by atomic mass is 32.1. The van der Waals surface area contributed by atoms with Gasteiger partial charge < -0.3 is 10.6 Å². The standard InChI is InChI=1S/C24H21N5OS/c1-3-17(12-19-16(2)9-10-22(25)28-19)14-29(24(30)18-6-5-11-26-13-18)20-7-4-8-21-23(20)27-15-31-21/h3-13,15H,2,14H2,1H3,(H2,25,28)/b17-3+,19-12+. The third kappa shape index (κ3) is 4.36. The molecule has 0 aliphatic carbocycles. The first-order valence-electron chi connectivity index (χ1n) is 9.69. The van der Waals surface area contributed by atoms with Crippen molar-refractivity contribution in [3.8, 4) is 0 Å². The second kappa shape index (κ2) is 8.89. The molecule has 0 bridgehead atoms. The number of amides is 1. The number of anilines is 2. The number of allylic oxidation sites excluding steroid dienone is 1. The smallest absolute Gasteiger partial charge is 0.260 e. The Balaban J connectivity index is 1.81. The molecule has 0 radical (unpaired) electrons. The molecule has 4 rings (SSSR count). The molecule has 154 valence electrons. The van der Waals surface area contributed by atoms with Crippen molar-refractivity contribution in [3.63, 3.8) is 0 Å². The van der Waals surface area contributed by atoms with Crippen LogP contribution in [0, 0.1) is 0 Å². The lowest BCUT2D eigenvalue weighted by molar-refractivity contribution is 0.0989. The number of carbonyl (C=O) groups is 1. The van der Waals surface area contributed by atoms with Crippen LogP contribution in [0.25, 0.3) is 22.9 Å². The summed E-state index contributed by atoms with van der Waals surface area (Å²) < 4.78 is 1.02. The molecule has 3 heterocycles. The van der Waals surface area contributed by atoms with E-state index in [0.717, 1.165) is 26.7 Å². The molecule has 1 aromatic carbocycles. The zero-order chi connectivity index (χ0) is 21.8. The number of para-hydroxylation sites is 1. The van der Waals surface area contributed by atoms with Crippen molar-refractivity contribution in [3.05, 3.63) is 88.1 Å². The molecule has 0 spiro atoms. The van der Waals surface area contributed by atoms with Crippen LogP contribution < -0.4 is 21.2 Å². The van der Waals surface area contributed by atoms with Gasteiger partial charge in [-0.15, -0.1) is 11.3 Å². The Morgan fingerprint density at radius 3 is 2.87 bits per heavy atom. The number of nitrogens with zero attached hydrogens (tertiary/aromatic N) is 4. The van der Waals surface area contributed by atoms with Crippen LogP contribution in [-0.2, 0) is 0 Å². The summed E-state index contributed by atoms with van der Waals surface area (Å²) in [6.45, 7) is 6.29. The fourth-order valence-corrected chi connectivity index (χ4v) is 3.92. The topological polar surface area (TPSA) is 85.0 Å². The molecule has 31 heavy (non-hydrogen) atoms. The molecule has 0 atom stereocenters. The van der Waals surface area contributed by atoms with E-state index in [1.807, 2.05) is 43.3 Å².